The smallest absolute Gasteiger partial charge is 0.153 e. The fourth-order valence-electron chi connectivity index (χ4n) is 2.20. The number of nitrogens with zero attached hydrogens (tertiary/aromatic N) is 2. The van der Waals surface area contributed by atoms with Gasteiger partial charge in [-0.2, -0.15) is 11.8 Å². The van der Waals surface area contributed by atoms with Crippen LogP contribution in [0.2, 0.25) is 5.15 Å². The van der Waals surface area contributed by atoms with Gasteiger partial charge in [0.15, 0.2) is 5.82 Å². The first kappa shape index (κ1) is 12.8. The topological polar surface area (TPSA) is 42.2 Å². The van der Waals surface area contributed by atoms with Gasteiger partial charge in [-0.1, -0.05) is 11.6 Å². The van der Waals surface area contributed by atoms with Crippen molar-refractivity contribution >= 4 is 34.9 Å². The third-order valence-electron chi connectivity index (χ3n) is 3.18. The Hall–Kier alpha value is -0.610. The van der Waals surface area contributed by atoms with Crippen LogP contribution in [0.15, 0.2) is 12.1 Å². The first-order chi connectivity index (χ1) is 8.20. The molecule has 17 heavy (non-hydrogen) atoms. The molecule has 1 aromatic heterocycles. The number of anilines is 2. The predicted octanol–water partition coefficient (Wildman–Crippen LogP) is 3.04. The molecule has 1 fully saturated rings. The van der Waals surface area contributed by atoms with E-state index in [9.17, 15) is 0 Å². The number of pyridine rings is 1. The lowest BCUT2D eigenvalue weighted by Crippen LogP contribution is -2.26. The number of nitrogen functional groups attached to an aromatic ring is 1. The lowest BCUT2D eigenvalue weighted by molar-refractivity contribution is 0.745. The van der Waals surface area contributed by atoms with Gasteiger partial charge in [-0.15, -0.1) is 0 Å². The standard InChI is InChI=1S/C12H18ClN3S/c1-17-9-3-2-7-16(8-6-9)12-10(14)4-5-11(13)15-12/h4-5,9H,2-3,6-8,14H2,1H3. The minimum atomic E-state index is 0.514. The van der Waals surface area contributed by atoms with Crippen molar-refractivity contribution in [1.82, 2.24) is 4.98 Å². The molecule has 2 rings (SSSR count). The van der Waals surface area contributed by atoms with E-state index in [0.717, 1.165) is 29.8 Å². The van der Waals surface area contributed by atoms with Crippen molar-refractivity contribution in [2.75, 3.05) is 30.0 Å². The summed E-state index contributed by atoms with van der Waals surface area (Å²) in [6, 6.07) is 3.57. The van der Waals surface area contributed by atoms with Crippen molar-refractivity contribution in [2.45, 2.75) is 24.5 Å². The molecule has 1 aromatic rings. The number of halogens is 1. The number of thioether (sulfide) groups is 1. The Morgan fingerprint density at radius 3 is 3.00 bits per heavy atom. The second-order valence-electron chi connectivity index (χ2n) is 4.32. The van der Waals surface area contributed by atoms with E-state index < -0.39 is 0 Å². The molecule has 2 heterocycles. The molecule has 1 unspecified atom stereocenters. The van der Waals surface area contributed by atoms with Crippen LogP contribution in [0.25, 0.3) is 0 Å². The molecular formula is C12H18ClN3S. The molecule has 3 nitrogen and oxygen atoms in total. The lowest BCUT2D eigenvalue weighted by Gasteiger charge is -2.23. The molecule has 1 aliphatic rings. The Morgan fingerprint density at radius 2 is 2.24 bits per heavy atom. The molecule has 2 N–H and O–H groups in total. The zero-order valence-electron chi connectivity index (χ0n) is 10.0. The van der Waals surface area contributed by atoms with Gasteiger partial charge in [0.25, 0.3) is 0 Å². The van der Waals surface area contributed by atoms with Crippen LogP contribution >= 0.6 is 23.4 Å². The average Bonchev–Trinajstić information content (AvgIpc) is 2.57. The second-order valence-corrected chi connectivity index (χ2v) is 5.85. The molecule has 0 radical (unpaired) electrons. The van der Waals surface area contributed by atoms with Crippen LogP contribution in [0.3, 0.4) is 0 Å². The maximum Gasteiger partial charge on any atom is 0.153 e. The largest absolute Gasteiger partial charge is 0.396 e. The van der Waals surface area contributed by atoms with E-state index >= 15 is 0 Å². The zero-order chi connectivity index (χ0) is 12.3. The third kappa shape index (κ3) is 3.19. The minimum absolute atomic E-state index is 0.514. The lowest BCUT2D eigenvalue weighted by atomic mass is 10.2. The van der Waals surface area contributed by atoms with Crippen LogP contribution in [0.1, 0.15) is 19.3 Å². The van der Waals surface area contributed by atoms with Gasteiger partial charge in [-0.3, -0.25) is 0 Å². The average molecular weight is 272 g/mol. The molecule has 1 aliphatic heterocycles. The van der Waals surface area contributed by atoms with E-state index in [1.165, 1.54) is 19.3 Å². The fourth-order valence-corrected chi connectivity index (χ4v) is 3.09. The van der Waals surface area contributed by atoms with Crippen LogP contribution < -0.4 is 10.6 Å². The van der Waals surface area contributed by atoms with Gasteiger partial charge in [0.2, 0.25) is 0 Å². The molecular weight excluding hydrogens is 254 g/mol. The van der Waals surface area contributed by atoms with Crippen molar-refractivity contribution in [3.63, 3.8) is 0 Å². The second kappa shape index (κ2) is 5.83. The summed E-state index contributed by atoms with van der Waals surface area (Å²) in [6.07, 6.45) is 5.85. The third-order valence-corrected chi connectivity index (χ3v) is 4.53. The highest BCUT2D eigenvalue weighted by atomic mass is 35.5. The van der Waals surface area contributed by atoms with Crippen molar-refractivity contribution < 1.29 is 0 Å². The number of nitrogens with two attached hydrogens (primary N) is 1. The number of rotatable bonds is 2. The maximum absolute atomic E-state index is 5.97. The summed E-state index contributed by atoms with van der Waals surface area (Å²) in [4.78, 5) is 6.61. The van der Waals surface area contributed by atoms with E-state index in [-0.39, 0.29) is 0 Å². The zero-order valence-corrected chi connectivity index (χ0v) is 11.6. The molecule has 0 amide bonds. The predicted molar refractivity (Wildman–Crippen MR) is 77.0 cm³/mol. The summed E-state index contributed by atoms with van der Waals surface area (Å²) in [5.41, 5.74) is 6.69. The van der Waals surface area contributed by atoms with Gasteiger partial charge in [-0.25, -0.2) is 4.98 Å². The quantitative estimate of drug-likeness (QED) is 0.840. The van der Waals surface area contributed by atoms with Gasteiger partial charge in [0.1, 0.15) is 5.15 Å². The van der Waals surface area contributed by atoms with Crippen LogP contribution in [0.5, 0.6) is 0 Å². The van der Waals surface area contributed by atoms with E-state index in [4.69, 9.17) is 17.3 Å². The highest BCUT2D eigenvalue weighted by molar-refractivity contribution is 7.99. The highest BCUT2D eigenvalue weighted by Gasteiger charge is 2.18. The first-order valence-corrected chi connectivity index (χ1v) is 7.57. The Bertz CT molecular complexity index is 386. The Labute approximate surface area is 112 Å². The number of hydrogen-bond acceptors (Lipinski definition) is 4. The molecule has 94 valence electrons. The summed E-state index contributed by atoms with van der Waals surface area (Å²) in [6.45, 7) is 2.04. The van der Waals surface area contributed by atoms with Crippen LogP contribution in [0, 0.1) is 0 Å². The molecule has 0 spiro atoms. The van der Waals surface area contributed by atoms with E-state index in [2.05, 4.69) is 16.1 Å². The van der Waals surface area contributed by atoms with Crippen LogP contribution in [-0.2, 0) is 0 Å². The van der Waals surface area contributed by atoms with Crippen LogP contribution in [-0.4, -0.2) is 29.6 Å². The van der Waals surface area contributed by atoms with Crippen molar-refractivity contribution in [2.24, 2.45) is 0 Å². The van der Waals surface area contributed by atoms with Crippen molar-refractivity contribution in [1.29, 1.82) is 0 Å². The van der Waals surface area contributed by atoms with Gasteiger partial charge in [0, 0.05) is 18.3 Å². The molecule has 0 bridgehead atoms. The van der Waals surface area contributed by atoms with Crippen LogP contribution in [0.4, 0.5) is 11.5 Å². The first-order valence-electron chi connectivity index (χ1n) is 5.90. The molecule has 5 heteroatoms. The molecule has 0 saturated carbocycles. The fraction of sp³-hybridized carbons (Fsp3) is 0.583. The van der Waals surface area contributed by atoms with Gasteiger partial charge < -0.3 is 10.6 Å². The van der Waals surface area contributed by atoms with Gasteiger partial charge in [0.05, 0.1) is 5.69 Å². The highest BCUT2D eigenvalue weighted by Crippen LogP contribution is 2.28. The van der Waals surface area contributed by atoms with Crippen molar-refractivity contribution in [3.8, 4) is 0 Å². The summed E-state index contributed by atoms with van der Waals surface area (Å²) in [5, 5.41) is 1.28. The Balaban J connectivity index is 2.13. The summed E-state index contributed by atoms with van der Waals surface area (Å²) in [5.74, 6) is 0.847. The Kier molecular flexibility index (Phi) is 4.40. The SMILES string of the molecule is CSC1CCCN(c2nc(Cl)ccc2N)CC1. The molecule has 1 atom stereocenters. The summed E-state index contributed by atoms with van der Waals surface area (Å²) < 4.78 is 0. The maximum atomic E-state index is 5.97. The number of hydrogen-bond donors (Lipinski definition) is 1. The summed E-state index contributed by atoms with van der Waals surface area (Å²) in [7, 11) is 0. The van der Waals surface area contributed by atoms with E-state index in [1.807, 2.05) is 17.8 Å². The van der Waals surface area contributed by atoms with E-state index in [0.29, 0.717) is 5.15 Å². The monoisotopic (exact) mass is 271 g/mol. The van der Waals surface area contributed by atoms with Gasteiger partial charge >= 0.3 is 0 Å². The molecule has 0 aromatic carbocycles. The summed E-state index contributed by atoms with van der Waals surface area (Å²) >= 11 is 7.89. The Morgan fingerprint density at radius 1 is 1.41 bits per heavy atom. The molecule has 1 saturated heterocycles. The normalized spacial score (nSPS) is 21.3. The number of aromatic nitrogens is 1. The minimum Gasteiger partial charge on any atom is -0.396 e. The van der Waals surface area contributed by atoms with Crippen molar-refractivity contribution in [3.05, 3.63) is 17.3 Å². The van der Waals surface area contributed by atoms with E-state index in [1.54, 1.807) is 6.07 Å². The van der Waals surface area contributed by atoms with Gasteiger partial charge in [-0.05, 0) is 37.7 Å². The molecule has 0 aliphatic carbocycles.